The number of halogens is 1. The third-order valence-corrected chi connectivity index (χ3v) is 7.19. The molecule has 0 aliphatic rings. The van der Waals surface area contributed by atoms with Crippen LogP contribution >= 0.6 is 27.3 Å². The molecule has 3 rings (SSSR count). The fourth-order valence-corrected chi connectivity index (χ4v) is 5.59. The number of benzene rings is 1. The van der Waals surface area contributed by atoms with Gasteiger partial charge in [-0.2, -0.15) is 4.72 Å². The Kier molecular flexibility index (Phi) is 5.28. The summed E-state index contributed by atoms with van der Waals surface area (Å²) in [5.74, 6) is 1.30. The Hall–Kier alpha value is -1.68. The van der Waals surface area contributed by atoms with Gasteiger partial charge in [0.2, 0.25) is 0 Å². The molecule has 1 N–H and O–H groups in total. The Morgan fingerprint density at radius 2 is 1.96 bits per heavy atom. The van der Waals surface area contributed by atoms with Crippen molar-refractivity contribution in [3.05, 3.63) is 64.0 Å². The maximum Gasteiger partial charge on any atom is 0.251 e. The predicted molar refractivity (Wildman–Crippen MR) is 100 cm³/mol. The van der Waals surface area contributed by atoms with Crippen LogP contribution in [0.4, 0.5) is 0 Å². The maximum absolute atomic E-state index is 12.8. The van der Waals surface area contributed by atoms with Crippen LogP contribution in [0.25, 0.3) is 0 Å². The first-order chi connectivity index (χ1) is 11.9. The molecule has 0 aliphatic heterocycles. The highest BCUT2D eigenvalue weighted by atomic mass is 79.9. The monoisotopic (exact) mass is 441 g/mol. The molecule has 9 heteroatoms. The van der Waals surface area contributed by atoms with Crippen LogP contribution in [0.1, 0.15) is 17.4 Å². The number of aryl methyl sites for hydroxylation is 1. The molecule has 0 amide bonds. The van der Waals surface area contributed by atoms with E-state index in [1.54, 1.807) is 48.3 Å². The number of hydrogen-bond acceptors (Lipinski definition) is 5. The topological polar surface area (TPSA) is 73.2 Å². The molecule has 0 saturated heterocycles. The van der Waals surface area contributed by atoms with Gasteiger partial charge >= 0.3 is 0 Å². The second-order valence-electron chi connectivity index (χ2n) is 5.28. The number of ether oxygens (including phenoxy) is 1. The highest BCUT2D eigenvalue weighted by molar-refractivity contribution is 9.11. The zero-order valence-corrected chi connectivity index (χ0v) is 16.7. The number of methoxy groups -OCH3 is 1. The van der Waals surface area contributed by atoms with Crippen molar-refractivity contribution in [2.45, 2.75) is 10.3 Å². The van der Waals surface area contributed by atoms with Gasteiger partial charge in [0.25, 0.3) is 10.0 Å². The molecular weight excluding hydrogens is 426 g/mol. The molecule has 2 heterocycles. The third kappa shape index (κ3) is 3.95. The van der Waals surface area contributed by atoms with E-state index >= 15 is 0 Å². The average molecular weight is 442 g/mol. The van der Waals surface area contributed by atoms with Crippen molar-refractivity contribution in [3.63, 3.8) is 0 Å². The Bertz CT molecular complexity index is 965. The van der Waals surface area contributed by atoms with Crippen molar-refractivity contribution >= 4 is 37.3 Å². The van der Waals surface area contributed by atoms with Gasteiger partial charge in [0, 0.05) is 19.4 Å². The first-order valence-electron chi connectivity index (χ1n) is 7.29. The van der Waals surface area contributed by atoms with Crippen molar-refractivity contribution < 1.29 is 13.2 Å². The lowest BCUT2D eigenvalue weighted by Crippen LogP contribution is -2.30. The molecule has 0 saturated carbocycles. The molecule has 1 unspecified atom stereocenters. The van der Waals surface area contributed by atoms with Crippen LogP contribution < -0.4 is 9.46 Å². The first-order valence-corrected chi connectivity index (χ1v) is 10.4. The molecule has 0 fully saturated rings. The summed E-state index contributed by atoms with van der Waals surface area (Å²) < 4.78 is 36.3. The Morgan fingerprint density at radius 1 is 1.24 bits per heavy atom. The van der Waals surface area contributed by atoms with Gasteiger partial charge in [0.15, 0.2) is 0 Å². The minimum Gasteiger partial charge on any atom is -0.497 e. The number of aromatic nitrogens is 2. The molecule has 1 atom stereocenters. The maximum atomic E-state index is 12.8. The van der Waals surface area contributed by atoms with Crippen LogP contribution in [0.2, 0.25) is 0 Å². The van der Waals surface area contributed by atoms with Crippen LogP contribution in [0.5, 0.6) is 5.75 Å². The quantitative estimate of drug-likeness (QED) is 0.636. The molecular formula is C16H16BrN3O3S2. The molecule has 3 aromatic rings. The van der Waals surface area contributed by atoms with Crippen molar-refractivity contribution in [3.8, 4) is 5.75 Å². The molecule has 25 heavy (non-hydrogen) atoms. The number of imidazole rings is 1. The van der Waals surface area contributed by atoms with Crippen LogP contribution in [0, 0.1) is 0 Å². The van der Waals surface area contributed by atoms with E-state index in [0.29, 0.717) is 11.6 Å². The van der Waals surface area contributed by atoms with Gasteiger partial charge in [-0.3, -0.25) is 0 Å². The first kappa shape index (κ1) is 18.1. The van der Waals surface area contributed by atoms with E-state index < -0.39 is 16.1 Å². The second-order valence-corrected chi connectivity index (χ2v) is 9.69. The summed E-state index contributed by atoms with van der Waals surface area (Å²) in [5, 5.41) is 0. The normalized spacial score (nSPS) is 12.9. The van der Waals surface area contributed by atoms with Crippen molar-refractivity contribution in [1.29, 1.82) is 0 Å². The van der Waals surface area contributed by atoms with Crippen molar-refractivity contribution in [2.24, 2.45) is 7.05 Å². The number of hydrogen-bond donors (Lipinski definition) is 1. The lowest BCUT2D eigenvalue weighted by Gasteiger charge is -2.19. The molecule has 0 spiro atoms. The molecule has 132 valence electrons. The van der Waals surface area contributed by atoms with Gasteiger partial charge in [-0.1, -0.05) is 12.1 Å². The summed E-state index contributed by atoms with van der Waals surface area (Å²) in [6.07, 6.45) is 3.42. The zero-order valence-electron chi connectivity index (χ0n) is 13.5. The van der Waals surface area contributed by atoms with E-state index in [-0.39, 0.29) is 4.21 Å². The van der Waals surface area contributed by atoms with E-state index in [4.69, 9.17) is 4.74 Å². The second kappa shape index (κ2) is 7.28. The Morgan fingerprint density at radius 3 is 2.48 bits per heavy atom. The van der Waals surface area contributed by atoms with Gasteiger partial charge in [-0.05, 0) is 45.8 Å². The summed E-state index contributed by atoms with van der Waals surface area (Å²) in [4.78, 5) is 4.32. The lowest BCUT2D eigenvalue weighted by atomic mass is 10.1. The number of nitrogens with zero attached hydrogens (tertiary/aromatic N) is 2. The fourth-order valence-electron chi connectivity index (χ4n) is 2.38. The zero-order chi connectivity index (χ0) is 18.0. The SMILES string of the molecule is COc1ccc(C(NS(=O)(=O)c2ccc(Br)s2)c2nccn2C)cc1. The largest absolute Gasteiger partial charge is 0.497 e. The highest BCUT2D eigenvalue weighted by Gasteiger charge is 2.26. The van der Waals surface area contributed by atoms with E-state index in [0.717, 1.165) is 20.7 Å². The molecule has 0 radical (unpaired) electrons. The van der Waals surface area contributed by atoms with E-state index in [9.17, 15) is 8.42 Å². The summed E-state index contributed by atoms with van der Waals surface area (Å²) in [5.41, 5.74) is 0.772. The summed E-state index contributed by atoms with van der Waals surface area (Å²) in [6.45, 7) is 0. The predicted octanol–water partition coefficient (Wildman–Crippen LogP) is 3.32. The molecule has 6 nitrogen and oxygen atoms in total. The number of nitrogens with one attached hydrogen (secondary N) is 1. The minimum absolute atomic E-state index is 0.243. The summed E-state index contributed by atoms with van der Waals surface area (Å²) in [6, 6.07) is 9.90. The van der Waals surface area contributed by atoms with Gasteiger partial charge < -0.3 is 9.30 Å². The summed E-state index contributed by atoms with van der Waals surface area (Å²) in [7, 11) is -0.277. The van der Waals surface area contributed by atoms with Crippen LogP contribution in [0.15, 0.2) is 56.8 Å². The number of thiophene rings is 1. The number of rotatable bonds is 6. The van der Waals surface area contributed by atoms with Crippen molar-refractivity contribution in [1.82, 2.24) is 14.3 Å². The molecule has 0 bridgehead atoms. The van der Waals surface area contributed by atoms with Gasteiger partial charge in [0.1, 0.15) is 21.8 Å². The Balaban J connectivity index is 2.01. The lowest BCUT2D eigenvalue weighted by molar-refractivity contribution is 0.414. The van der Waals surface area contributed by atoms with Gasteiger partial charge in [0.05, 0.1) is 10.9 Å². The number of sulfonamides is 1. The highest BCUT2D eigenvalue weighted by Crippen LogP contribution is 2.29. The van der Waals surface area contributed by atoms with Crippen molar-refractivity contribution in [2.75, 3.05) is 7.11 Å². The average Bonchev–Trinajstić information content (AvgIpc) is 3.22. The van der Waals surface area contributed by atoms with Crippen LogP contribution in [0.3, 0.4) is 0 Å². The van der Waals surface area contributed by atoms with Crippen LogP contribution in [-0.4, -0.2) is 25.1 Å². The Labute approximate surface area is 158 Å². The fraction of sp³-hybridized carbons (Fsp3) is 0.188. The third-order valence-electron chi connectivity index (χ3n) is 3.65. The van der Waals surface area contributed by atoms with Gasteiger partial charge in [-0.15, -0.1) is 11.3 Å². The minimum atomic E-state index is -3.69. The standard InChI is InChI=1S/C16H16BrN3O3S2/c1-20-10-9-18-16(20)15(11-3-5-12(23-2)6-4-11)19-25(21,22)14-8-7-13(17)24-14/h3-10,15,19H,1-2H3. The van der Waals surface area contributed by atoms with Crippen LogP contribution in [-0.2, 0) is 17.1 Å². The smallest absolute Gasteiger partial charge is 0.251 e. The van der Waals surface area contributed by atoms with E-state index in [1.165, 1.54) is 0 Å². The molecule has 2 aromatic heterocycles. The summed E-state index contributed by atoms with van der Waals surface area (Å²) >= 11 is 4.46. The molecule has 1 aromatic carbocycles. The van der Waals surface area contributed by atoms with E-state index in [2.05, 4.69) is 25.6 Å². The van der Waals surface area contributed by atoms with Gasteiger partial charge in [-0.25, -0.2) is 13.4 Å². The van der Waals surface area contributed by atoms with E-state index in [1.807, 2.05) is 19.2 Å². The molecule has 0 aliphatic carbocycles.